The lowest BCUT2D eigenvalue weighted by atomic mass is 9.47. The van der Waals surface area contributed by atoms with Crippen LogP contribution in [0.2, 0.25) is 0 Å². The van der Waals surface area contributed by atoms with Crippen molar-refractivity contribution in [3.63, 3.8) is 0 Å². The summed E-state index contributed by atoms with van der Waals surface area (Å²) < 4.78 is 0. The SMILES string of the molecule is C[C@]12CCCC=C1CC[C@@H]1C2CC[C@]2(C)/C(=C\C#N)CCC12. The fraction of sp³-hybridized carbons (Fsp3) is 0.762. The first kappa shape index (κ1) is 14.6. The minimum Gasteiger partial charge on any atom is -0.193 e. The van der Waals surface area contributed by atoms with E-state index < -0.39 is 0 Å². The Morgan fingerprint density at radius 1 is 1.09 bits per heavy atom. The highest BCUT2D eigenvalue weighted by atomic mass is 14.6. The van der Waals surface area contributed by atoms with Crippen LogP contribution in [0.15, 0.2) is 23.3 Å². The van der Waals surface area contributed by atoms with Crippen molar-refractivity contribution < 1.29 is 0 Å². The number of hydrogen-bond acceptors (Lipinski definition) is 1. The van der Waals surface area contributed by atoms with Crippen LogP contribution in [0.25, 0.3) is 0 Å². The van der Waals surface area contributed by atoms with Gasteiger partial charge in [0.15, 0.2) is 0 Å². The fourth-order valence-corrected chi connectivity index (χ4v) is 6.92. The maximum Gasteiger partial charge on any atom is 0.0911 e. The van der Waals surface area contributed by atoms with Crippen molar-refractivity contribution in [2.45, 2.75) is 71.6 Å². The van der Waals surface area contributed by atoms with Gasteiger partial charge in [-0.25, -0.2) is 0 Å². The molecular weight excluding hydrogens is 266 g/mol. The molecule has 1 nitrogen and oxygen atoms in total. The van der Waals surface area contributed by atoms with E-state index in [4.69, 9.17) is 5.26 Å². The van der Waals surface area contributed by atoms with Crippen LogP contribution in [0.5, 0.6) is 0 Å². The molecule has 0 aromatic rings. The summed E-state index contributed by atoms with van der Waals surface area (Å²) in [5, 5.41) is 9.13. The normalized spacial score (nSPS) is 48.9. The van der Waals surface area contributed by atoms with E-state index in [0.717, 1.165) is 17.8 Å². The summed E-state index contributed by atoms with van der Waals surface area (Å²) in [6.45, 7) is 5.05. The molecule has 3 fully saturated rings. The van der Waals surface area contributed by atoms with Gasteiger partial charge >= 0.3 is 0 Å². The van der Waals surface area contributed by atoms with Gasteiger partial charge in [-0.3, -0.25) is 0 Å². The number of nitrogens with zero attached hydrogens (tertiary/aromatic N) is 1. The van der Waals surface area contributed by atoms with E-state index in [9.17, 15) is 0 Å². The number of hydrogen-bond donors (Lipinski definition) is 0. The lowest BCUT2D eigenvalue weighted by Crippen LogP contribution is -2.49. The third-order valence-corrected chi connectivity index (χ3v) is 8.11. The summed E-state index contributed by atoms with van der Waals surface area (Å²) in [7, 11) is 0. The highest BCUT2D eigenvalue weighted by Gasteiger charge is 2.57. The van der Waals surface area contributed by atoms with Crippen LogP contribution in [-0.4, -0.2) is 0 Å². The Balaban J connectivity index is 1.68. The van der Waals surface area contributed by atoms with Crippen molar-refractivity contribution >= 4 is 0 Å². The Bertz CT molecular complexity index is 577. The van der Waals surface area contributed by atoms with Crippen molar-refractivity contribution in [3.8, 4) is 6.07 Å². The van der Waals surface area contributed by atoms with Crippen molar-refractivity contribution in [2.75, 3.05) is 0 Å². The highest BCUT2D eigenvalue weighted by Crippen LogP contribution is 2.66. The molecule has 4 rings (SSSR count). The predicted molar refractivity (Wildman–Crippen MR) is 90.0 cm³/mol. The van der Waals surface area contributed by atoms with Gasteiger partial charge in [0.1, 0.15) is 0 Å². The molecule has 1 heteroatoms. The van der Waals surface area contributed by atoms with Crippen LogP contribution in [0.4, 0.5) is 0 Å². The molecule has 0 amide bonds. The summed E-state index contributed by atoms with van der Waals surface area (Å²) in [6, 6.07) is 2.32. The molecule has 0 aromatic carbocycles. The first-order valence-corrected chi connectivity index (χ1v) is 9.38. The summed E-state index contributed by atoms with van der Waals surface area (Å²) >= 11 is 0. The van der Waals surface area contributed by atoms with Crippen molar-refractivity contribution in [2.24, 2.45) is 28.6 Å². The van der Waals surface area contributed by atoms with Crippen LogP contribution in [0.3, 0.4) is 0 Å². The van der Waals surface area contributed by atoms with E-state index in [0.29, 0.717) is 10.8 Å². The van der Waals surface area contributed by atoms with Gasteiger partial charge in [0, 0.05) is 6.08 Å². The number of nitriles is 1. The van der Waals surface area contributed by atoms with Gasteiger partial charge in [0.25, 0.3) is 0 Å². The zero-order valence-corrected chi connectivity index (χ0v) is 14.2. The Labute approximate surface area is 135 Å². The monoisotopic (exact) mass is 295 g/mol. The van der Waals surface area contributed by atoms with Crippen LogP contribution in [-0.2, 0) is 0 Å². The number of fused-ring (bicyclic) bond motifs is 5. The zero-order chi connectivity index (χ0) is 15.4. The van der Waals surface area contributed by atoms with E-state index >= 15 is 0 Å². The molecule has 22 heavy (non-hydrogen) atoms. The molecule has 3 saturated carbocycles. The molecule has 118 valence electrons. The second kappa shape index (κ2) is 4.98. The molecule has 4 aliphatic carbocycles. The topological polar surface area (TPSA) is 23.8 Å². The first-order valence-electron chi connectivity index (χ1n) is 9.38. The van der Waals surface area contributed by atoms with Crippen molar-refractivity contribution in [1.29, 1.82) is 5.26 Å². The molecule has 5 atom stereocenters. The molecule has 4 aliphatic rings. The van der Waals surface area contributed by atoms with E-state index in [1.807, 2.05) is 6.08 Å². The Morgan fingerprint density at radius 3 is 2.73 bits per heavy atom. The third kappa shape index (κ3) is 1.82. The molecule has 0 radical (unpaired) electrons. The van der Waals surface area contributed by atoms with Gasteiger partial charge < -0.3 is 0 Å². The number of rotatable bonds is 0. The van der Waals surface area contributed by atoms with Gasteiger partial charge in [0.2, 0.25) is 0 Å². The molecule has 0 heterocycles. The minimum absolute atomic E-state index is 0.336. The molecule has 0 spiro atoms. The van der Waals surface area contributed by atoms with Gasteiger partial charge in [-0.15, -0.1) is 0 Å². The molecule has 0 aromatic heterocycles. The minimum atomic E-state index is 0.336. The third-order valence-electron chi connectivity index (χ3n) is 8.11. The first-order chi connectivity index (χ1) is 10.6. The van der Waals surface area contributed by atoms with Gasteiger partial charge in [0.05, 0.1) is 6.07 Å². The van der Waals surface area contributed by atoms with Crippen LogP contribution < -0.4 is 0 Å². The lowest BCUT2D eigenvalue weighted by Gasteiger charge is -2.57. The summed E-state index contributed by atoms with van der Waals surface area (Å²) in [4.78, 5) is 0. The maximum atomic E-state index is 9.13. The molecule has 0 aliphatic heterocycles. The van der Waals surface area contributed by atoms with E-state index in [-0.39, 0.29) is 0 Å². The molecule has 0 saturated heterocycles. The van der Waals surface area contributed by atoms with Gasteiger partial charge in [-0.2, -0.15) is 5.26 Å². The molecule has 0 bridgehead atoms. The molecule has 0 N–H and O–H groups in total. The highest BCUT2D eigenvalue weighted by molar-refractivity contribution is 5.30. The second-order valence-electron chi connectivity index (χ2n) is 8.75. The largest absolute Gasteiger partial charge is 0.193 e. The van der Waals surface area contributed by atoms with E-state index in [2.05, 4.69) is 26.0 Å². The maximum absolute atomic E-state index is 9.13. The van der Waals surface area contributed by atoms with Crippen LogP contribution >= 0.6 is 0 Å². The fourth-order valence-electron chi connectivity index (χ4n) is 6.92. The molecular formula is C21H29N. The van der Waals surface area contributed by atoms with Crippen LogP contribution in [0, 0.1) is 39.9 Å². The zero-order valence-electron chi connectivity index (χ0n) is 14.2. The summed E-state index contributed by atoms with van der Waals surface area (Å²) in [5.74, 6) is 2.65. The predicted octanol–water partition coefficient (Wildman–Crippen LogP) is 5.79. The standard InChI is InChI=1S/C21H29N/c1-20-12-4-3-5-15(20)6-8-17-18-9-7-16(11-14-22)21(18,2)13-10-19(17)20/h5,11,17-19H,3-4,6-10,12-13H2,1-2H3/b16-11-/t17-,18?,19?,20-,21+/m0/s1. The Kier molecular flexibility index (Phi) is 3.30. The quantitative estimate of drug-likeness (QED) is 0.410. The van der Waals surface area contributed by atoms with E-state index in [1.54, 1.807) is 5.57 Å². The second-order valence-corrected chi connectivity index (χ2v) is 8.75. The lowest BCUT2D eigenvalue weighted by molar-refractivity contribution is -0.0254. The smallest absolute Gasteiger partial charge is 0.0911 e. The number of allylic oxidation sites excluding steroid dienone is 4. The summed E-state index contributed by atoms with van der Waals surface area (Å²) in [5.41, 5.74) is 4.11. The summed E-state index contributed by atoms with van der Waals surface area (Å²) in [6.07, 6.45) is 16.6. The van der Waals surface area contributed by atoms with Crippen molar-refractivity contribution in [1.82, 2.24) is 0 Å². The van der Waals surface area contributed by atoms with Crippen molar-refractivity contribution in [3.05, 3.63) is 23.3 Å². The molecule has 2 unspecified atom stereocenters. The Hall–Kier alpha value is -1.03. The average Bonchev–Trinajstić information content (AvgIpc) is 2.84. The Morgan fingerprint density at radius 2 is 1.91 bits per heavy atom. The van der Waals surface area contributed by atoms with Gasteiger partial charge in [-0.1, -0.05) is 31.1 Å². The van der Waals surface area contributed by atoms with Crippen LogP contribution in [0.1, 0.15) is 71.6 Å². The average molecular weight is 295 g/mol. The van der Waals surface area contributed by atoms with Gasteiger partial charge in [-0.05, 0) is 86.4 Å². The van der Waals surface area contributed by atoms with E-state index in [1.165, 1.54) is 63.4 Å².